The van der Waals surface area contributed by atoms with Crippen LogP contribution in [0, 0.1) is 0 Å². The molecule has 0 saturated carbocycles. The van der Waals surface area contributed by atoms with Crippen LogP contribution in [0.1, 0.15) is 56.6 Å². The highest BCUT2D eigenvalue weighted by Gasteiger charge is 2.41. The molecule has 0 aromatic heterocycles. The first kappa shape index (κ1) is 29.0. The second kappa shape index (κ2) is 12.5. The van der Waals surface area contributed by atoms with E-state index in [-0.39, 0.29) is 43.2 Å². The molecule has 1 aliphatic carbocycles. The van der Waals surface area contributed by atoms with Crippen LogP contribution >= 0.6 is 0 Å². The lowest BCUT2D eigenvalue weighted by Crippen LogP contribution is -2.36. The minimum Gasteiger partial charge on any atom is -0.504 e. The second-order valence-electron chi connectivity index (χ2n) is 10.1. The molecule has 0 bridgehead atoms. The molecule has 2 unspecified atom stereocenters. The molecular formula is C31H37NO8. The number of ketones is 1. The molecule has 2 aromatic carbocycles. The molecule has 1 aliphatic heterocycles. The lowest BCUT2D eigenvalue weighted by Gasteiger charge is -2.37. The number of Topliss-reactive ketones (excluding diaryl/α,β-unsaturated/α-hetero) is 1. The fraction of sp³-hybridized carbons (Fsp3) is 0.419. The molecule has 9 nitrogen and oxygen atoms in total. The number of hydrogen-bond donors (Lipinski definition) is 2. The van der Waals surface area contributed by atoms with E-state index in [1.165, 1.54) is 13.2 Å². The Morgan fingerprint density at radius 2 is 1.62 bits per heavy atom. The summed E-state index contributed by atoms with van der Waals surface area (Å²) in [6.07, 6.45) is 0.812. The number of carbonyl (C=O) groups excluding carboxylic acids is 2. The van der Waals surface area contributed by atoms with Gasteiger partial charge < -0.3 is 34.1 Å². The van der Waals surface area contributed by atoms with Gasteiger partial charge in [-0.25, -0.2) is 4.79 Å². The van der Waals surface area contributed by atoms with Crippen molar-refractivity contribution in [1.82, 2.24) is 5.32 Å². The van der Waals surface area contributed by atoms with Crippen LogP contribution in [0.25, 0.3) is 0 Å². The van der Waals surface area contributed by atoms with Crippen LogP contribution in [0.4, 0.5) is 0 Å². The van der Waals surface area contributed by atoms with Gasteiger partial charge in [0.15, 0.2) is 28.8 Å². The third kappa shape index (κ3) is 5.94. The Morgan fingerprint density at radius 1 is 0.950 bits per heavy atom. The van der Waals surface area contributed by atoms with Crippen molar-refractivity contribution in [3.8, 4) is 23.0 Å². The van der Waals surface area contributed by atoms with Gasteiger partial charge in [-0.2, -0.15) is 0 Å². The smallest absolute Gasteiger partial charge is 0.336 e. The van der Waals surface area contributed by atoms with Crippen molar-refractivity contribution < 1.29 is 38.4 Å². The summed E-state index contributed by atoms with van der Waals surface area (Å²) in [4.78, 5) is 27.3. The van der Waals surface area contributed by atoms with Crippen LogP contribution in [-0.4, -0.2) is 57.5 Å². The Bertz CT molecular complexity index is 1340. The lowest BCUT2D eigenvalue weighted by molar-refractivity contribution is -0.141. The normalized spacial score (nSPS) is 18.8. The average Bonchev–Trinajstić information content (AvgIpc) is 2.93. The standard InChI is InChI=1S/C31H37NO8/c1-17(2)39-11-12-40-31(35)28-18(3)32-22-13-21(19-7-10-26(37-5)27(16-19)38-6)15-24(34)30(22)29(28)20-8-9-25(36-4)23(33)14-20/h7-10,14,16-17,21,29,32-33H,11-13,15H2,1-6H3. The number of nitrogens with one attached hydrogen (secondary N) is 1. The molecule has 0 fully saturated rings. The van der Waals surface area contributed by atoms with Crippen molar-refractivity contribution in [3.05, 3.63) is 70.1 Å². The molecule has 214 valence electrons. The quantitative estimate of drug-likeness (QED) is 0.319. The first-order chi connectivity index (χ1) is 19.2. The van der Waals surface area contributed by atoms with Gasteiger partial charge in [-0.05, 0) is 68.5 Å². The van der Waals surface area contributed by atoms with Crippen molar-refractivity contribution >= 4 is 11.8 Å². The summed E-state index contributed by atoms with van der Waals surface area (Å²) >= 11 is 0. The summed E-state index contributed by atoms with van der Waals surface area (Å²) in [6, 6.07) is 10.6. The molecule has 0 saturated heterocycles. The summed E-state index contributed by atoms with van der Waals surface area (Å²) in [5.74, 6) is -0.0201. The number of phenolic OH excluding ortho intramolecular Hbond substituents is 1. The Hall–Kier alpha value is -3.98. The maximum atomic E-state index is 13.9. The van der Waals surface area contributed by atoms with E-state index in [0.717, 1.165) is 11.3 Å². The number of dihydropyridines is 1. The second-order valence-corrected chi connectivity index (χ2v) is 10.1. The number of allylic oxidation sites excluding steroid dienone is 3. The highest BCUT2D eigenvalue weighted by atomic mass is 16.6. The molecule has 0 radical (unpaired) electrons. The van der Waals surface area contributed by atoms with Crippen molar-refractivity contribution in [2.24, 2.45) is 0 Å². The monoisotopic (exact) mass is 551 g/mol. The summed E-state index contributed by atoms with van der Waals surface area (Å²) in [5, 5.41) is 13.9. The average molecular weight is 552 g/mol. The molecule has 2 atom stereocenters. The van der Waals surface area contributed by atoms with E-state index in [9.17, 15) is 14.7 Å². The number of ether oxygens (including phenoxy) is 5. The maximum absolute atomic E-state index is 13.9. The van der Waals surface area contributed by atoms with E-state index in [1.54, 1.807) is 33.3 Å². The van der Waals surface area contributed by atoms with E-state index in [0.29, 0.717) is 46.1 Å². The van der Waals surface area contributed by atoms with E-state index in [1.807, 2.05) is 32.0 Å². The summed E-state index contributed by atoms with van der Waals surface area (Å²) in [6.45, 7) is 5.95. The van der Waals surface area contributed by atoms with Crippen LogP contribution in [0.5, 0.6) is 23.0 Å². The number of carbonyl (C=O) groups is 2. The molecule has 2 N–H and O–H groups in total. The number of phenols is 1. The fourth-order valence-electron chi connectivity index (χ4n) is 5.37. The van der Waals surface area contributed by atoms with Gasteiger partial charge in [0.1, 0.15) is 6.61 Å². The Morgan fingerprint density at radius 3 is 2.27 bits per heavy atom. The maximum Gasteiger partial charge on any atom is 0.336 e. The van der Waals surface area contributed by atoms with Gasteiger partial charge in [0.05, 0.1) is 39.6 Å². The first-order valence-corrected chi connectivity index (χ1v) is 13.3. The van der Waals surface area contributed by atoms with Gasteiger partial charge in [0.25, 0.3) is 0 Å². The van der Waals surface area contributed by atoms with Crippen molar-refractivity contribution in [2.75, 3.05) is 34.5 Å². The highest BCUT2D eigenvalue weighted by molar-refractivity contribution is 6.04. The van der Waals surface area contributed by atoms with Crippen LogP contribution in [0.2, 0.25) is 0 Å². The largest absolute Gasteiger partial charge is 0.504 e. The van der Waals surface area contributed by atoms with Crippen molar-refractivity contribution in [3.63, 3.8) is 0 Å². The van der Waals surface area contributed by atoms with Crippen LogP contribution < -0.4 is 19.5 Å². The zero-order chi connectivity index (χ0) is 29.0. The molecular weight excluding hydrogens is 514 g/mol. The fourth-order valence-corrected chi connectivity index (χ4v) is 5.37. The van der Waals surface area contributed by atoms with Gasteiger partial charge >= 0.3 is 5.97 Å². The van der Waals surface area contributed by atoms with Gasteiger partial charge in [-0.1, -0.05) is 12.1 Å². The number of esters is 1. The van der Waals surface area contributed by atoms with E-state index in [4.69, 9.17) is 23.7 Å². The van der Waals surface area contributed by atoms with Gasteiger partial charge in [0, 0.05) is 29.3 Å². The molecule has 2 aliphatic rings. The summed E-state index contributed by atoms with van der Waals surface area (Å²) in [7, 11) is 4.62. The molecule has 1 heterocycles. The number of aromatic hydroxyl groups is 1. The Labute approximate surface area is 234 Å². The molecule has 4 rings (SSSR count). The Balaban J connectivity index is 1.72. The summed E-state index contributed by atoms with van der Waals surface area (Å²) in [5.41, 5.74) is 3.70. The van der Waals surface area contributed by atoms with Crippen molar-refractivity contribution in [1.29, 1.82) is 0 Å². The topological polar surface area (TPSA) is 113 Å². The molecule has 40 heavy (non-hydrogen) atoms. The molecule has 2 aromatic rings. The van der Waals surface area contributed by atoms with Crippen LogP contribution in [0.3, 0.4) is 0 Å². The van der Waals surface area contributed by atoms with Crippen LogP contribution in [-0.2, 0) is 19.1 Å². The van der Waals surface area contributed by atoms with Gasteiger partial charge in [-0.3, -0.25) is 4.79 Å². The number of hydrogen-bond acceptors (Lipinski definition) is 9. The number of methoxy groups -OCH3 is 3. The van der Waals surface area contributed by atoms with E-state index < -0.39 is 11.9 Å². The van der Waals surface area contributed by atoms with Gasteiger partial charge in [0.2, 0.25) is 0 Å². The third-order valence-electron chi connectivity index (χ3n) is 7.23. The first-order valence-electron chi connectivity index (χ1n) is 13.3. The number of rotatable bonds is 10. The zero-order valence-electron chi connectivity index (χ0n) is 23.8. The minimum atomic E-state index is -0.717. The predicted octanol–water partition coefficient (Wildman–Crippen LogP) is 4.75. The van der Waals surface area contributed by atoms with E-state index >= 15 is 0 Å². The molecule has 9 heteroatoms. The van der Waals surface area contributed by atoms with Crippen molar-refractivity contribution in [2.45, 2.75) is 51.6 Å². The van der Waals surface area contributed by atoms with Gasteiger partial charge in [-0.15, -0.1) is 0 Å². The van der Waals surface area contributed by atoms with E-state index in [2.05, 4.69) is 5.32 Å². The SMILES string of the molecule is COc1ccc(C2C(C(=O)OCCOC(C)C)=C(C)NC3=C2C(=O)CC(c2ccc(OC)c(OC)c2)C3)cc1O. The lowest BCUT2D eigenvalue weighted by atomic mass is 9.71. The molecule has 0 amide bonds. The zero-order valence-corrected chi connectivity index (χ0v) is 23.8. The predicted molar refractivity (Wildman–Crippen MR) is 149 cm³/mol. The Kier molecular flexibility index (Phi) is 9.04. The third-order valence-corrected chi connectivity index (χ3v) is 7.23. The molecule has 0 spiro atoms. The highest BCUT2D eigenvalue weighted by Crippen LogP contribution is 2.47. The van der Waals surface area contributed by atoms with Crippen LogP contribution in [0.15, 0.2) is 58.9 Å². The minimum absolute atomic E-state index is 0.0113. The summed E-state index contributed by atoms with van der Waals surface area (Å²) < 4.78 is 27.1. The number of benzene rings is 2.